The van der Waals surface area contributed by atoms with Gasteiger partial charge in [-0.1, -0.05) is 72.4 Å². The number of thioether (sulfide) groups is 1. The van der Waals surface area contributed by atoms with E-state index in [0.29, 0.717) is 6.61 Å². The van der Waals surface area contributed by atoms with E-state index < -0.39 is 0 Å². The second kappa shape index (κ2) is 9.89. The van der Waals surface area contributed by atoms with Crippen LogP contribution in [0.5, 0.6) is 5.75 Å². The van der Waals surface area contributed by atoms with Crippen molar-refractivity contribution in [1.82, 2.24) is 14.9 Å². The third-order valence-corrected chi connectivity index (χ3v) is 5.42. The lowest BCUT2D eigenvalue weighted by molar-refractivity contribution is 0.306. The van der Waals surface area contributed by atoms with Crippen LogP contribution in [0, 0.1) is 6.92 Å². The molecule has 0 saturated carbocycles. The second-order valence-corrected chi connectivity index (χ2v) is 7.65. The first-order valence-electron chi connectivity index (χ1n) is 9.68. The molecule has 0 aliphatic rings. The maximum absolute atomic E-state index is 5.84. The largest absolute Gasteiger partial charge is 0.489 e. The van der Waals surface area contributed by atoms with Crippen LogP contribution >= 0.6 is 11.8 Å². The molecule has 0 atom stereocenters. The third-order valence-electron chi connectivity index (χ3n) is 4.43. The van der Waals surface area contributed by atoms with Gasteiger partial charge in [-0.05, 0) is 47.9 Å². The summed E-state index contributed by atoms with van der Waals surface area (Å²) in [6.45, 7) is 2.45. The van der Waals surface area contributed by atoms with Gasteiger partial charge in [-0.2, -0.15) is 9.78 Å². The Kier molecular flexibility index (Phi) is 6.57. The lowest BCUT2D eigenvalue weighted by atomic mass is 10.2. The number of hydrogen-bond donors (Lipinski definition) is 0. The van der Waals surface area contributed by atoms with Crippen molar-refractivity contribution in [3.05, 3.63) is 107 Å². The Bertz CT molecular complexity index is 1090. The van der Waals surface area contributed by atoms with Crippen molar-refractivity contribution in [2.75, 3.05) is 0 Å². The summed E-state index contributed by atoms with van der Waals surface area (Å²) < 4.78 is 7.61. The molecule has 0 amide bonds. The lowest BCUT2D eigenvalue weighted by Crippen LogP contribution is -1.97. The summed E-state index contributed by atoms with van der Waals surface area (Å²) in [6, 6.07) is 28.3. The smallest absolute Gasteiger partial charge is 0.212 e. The number of benzene rings is 3. The summed E-state index contributed by atoms with van der Waals surface area (Å²) in [7, 11) is 0. The zero-order valence-electron chi connectivity index (χ0n) is 16.7. The summed E-state index contributed by atoms with van der Waals surface area (Å²) in [4.78, 5) is 0. The zero-order chi connectivity index (χ0) is 20.6. The highest BCUT2D eigenvalue weighted by atomic mass is 32.2. The van der Waals surface area contributed by atoms with E-state index in [2.05, 4.69) is 39.6 Å². The maximum Gasteiger partial charge on any atom is 0.212 e. The van der Waals surface area contributed by atoms with E-state index in [1.54, 1.807) is 16.4 Å². The van der Waals surface area contributed by atoms with Crippen LogP contribution in [0.2, 0.25) is 0 Å². The van der Waals surface area contributed by atoms with E-state index in [0.717, 1.165) is 33.6 Å². The Morgan fingerprint density at radius 1 is 0.867 bits per heavy atom. The van der Waals surface area contributed by atoms with Crippen molar-refractivity contribution in [2.45, 2.75) is 24.4 Å². The van der Waals surface area contributed by atoms with E-state index in [4.69, 9.17) is 4.74 Å². The van der Waals surface area contributed by atoms with E-state index >= 15 is 0 Å². The molecule has 0 aliphatic carbocycles. The molecular weight excluding hydrogens is 392 g/mol. The first-order valence-corrected chi connectivity index (χ1v) is 10.7. The Balaban J connectivity index is 1.38. The van der Waals surface area contributed by atoms with Crippen LogP contribution in [0.3, 0.4) is 0 Å². The van der Waals surface area contributed by atoms with E-state index in [9.17, 15) is 0 Å². The Morgan fingerprint density at radius 2 is 1.53 bits per heavy atom. The van der Waals surface area contributed by atoms with Crippen LogP contribution in [-0.4, -0.2) is 21.1 Å². The number of aromatic nitrogens is 3. The summed E-state index contributed by atoms with van der Waals surface area (Å²) >= 11 is 1.62. The predicted octanol–water partition coefficient (Wildman–Crippen LogP) is 5.34. The highest BCUT2D eigenvalue weighted by Gasteiger charge is 2.08. The molecule has 5 nitrogen and oxygen atoms in total. The maximum atomic E-state index is 5.84. The minimum absolute atomic E-state index is 0.552. The molecule has 0 radical (unpaired) electrons. The minimum Gasteiger partial charge on any atom is -0.489 e. The number of aryl methyl sites for hydroxylation is 1. The first kappa shape index (κ1) is 19.9. The van der Waals surface area contributed by atoms with Gasteiger partial charge in [0.2, 0.25) is 5.16 Å². The van der Waals surface area contributed by atoms with Gasteiger partial charge in [-0.25, -0.2) is 0 Å². The van der Waals surface area contributed by atoms with Gasteiger partial charge in [0.05, 0.1) is 6.21 Å². The van der Waals surface area contributed by atoms with E-state index in [1.807, 2.05) is 73.8 Å². The van der Waals surface area contributed by atoms with Crippen LogP contribution in [0.25, 0.3) is 0 Å². The molecule has 1 heterocycles. The Labute approximate surface area is 180 Å². The summed E-state index contributed by atoms with van der Waals surface area (Å²) in [5.41, 5.74) is 3.37. The Morgan fingerprint density at radius 3 is 2.23 bits per heavy atom. The molecule has 150 valence electrons. The lowest BCUT2D eigenvalue weighted by Gasteiger charge is -2.06. The topological polar surface area (TPSA) is 52.3 Å². The van der Waals surface area contributed by atoms with Crippen molar-refractivity contribution >= 4 is 18.0 Å². The quantitative estimate of drug-likeness (QED) is 0.288. The van der Waals surface area contributed by atoms with Crippen LogP contribution in [-0.2, 0) is 12.4 Å². The fraction of sp³-hybridized carbons (Fsp3) is 0.125. The second-order valence-electron chi connectivity index (χ2n) is 6.70. The van der Waals surface area contributed by atoms with E-state index in [-0.39, 0.29) is 0 Å². The summed E-state index contributed by atoms with van der Waals surface area (Å²) in [5, 5.41) is 13.8. The normalized spacial score (nSPS) is 11.1. The SMILES string of the molecule is Cc1nnc(SCc2ccccc2)n1/N=C/c1ccc(OCc2ccccc2)cc1. The van der Waals surface area contributed by atoms with Gasteiger partial charge in [-0.3, -0.25) is 0 Å². The standard InChI is InChI=1S/C24H22N4OS/c1-19-26-27-24(30-18-22-10-6-3-7-11-22)28(19)25-16-20-12-14-23(15-13-20)29-17-21-8-4-2-5-9-21/h2-16H,17-18H2,1H3/b25-16+. The molecule has 3 aromatic carbocycles. The van der Waals surface area contributed by atoms with Gasteiger partial charge in [0, 0.05) is 5.75 Å². The third kappa shape index (κ3) is 5.36. The van der Waals surface area contributed by atoms with Gasteiger partial charge in [0.1, 0.15) is 12.4 Å². The molecule has 6 heteroatoms. The molecule has 30 heavy (non-hydrogen) atoms. The summed E-state index contributed by atoms with van der Waals surface area (Å²) in [5.74, 6) is 2.40. The minimum atomic E-state index is 0.552. The zero-order valence-corrected chi connectivity index (χ0v) is 17.5. The van der Waals surface area contributed by atoms with Crippen LogP contribution in [0.1, 0.15) is 22.5 Å². The van der Waals surface area contributed by atoms with Gasteiger partial charge < -0.3 is 4.74 Å². The monoisotopic (exact) mass is 414 g/mol. The molecule has 0 bridgehead atoms. The molecule has 4 rings (SSSR count). The predicted molar refractivity (Wildman–Crippen MR) is 121 cm³/mol. The first-order chi connectivity index (χ1) is 14.8. The Hall–Kier alpha value is -3.38. The molecule has 0 spiro atoms. The van der Waals surface area contributed by atoms with Crippen LogP contribution in [0.15, 0.2) is 95.2 Å². The highest BCUT2D eigenvalue weighted by Crippen LogP contribution is 2.21. The molecule has 0 unspecified atom stereocenters. The average molecular weight is 415 g/mol. The van der Waals surface area contributed by atoms with Gasteiger partial charge in [0.25, 0.3) is 0 Å². The number of nitrogens with zero attached hydrogens (tertiary/aromatic N) is 4. The number of rotatable bonds is 8. The molecule has 0 aliphatic heterocycles. The fourth-order valence-electron chi connectivity index (χ4n) is 2.80. The summed E-state index contributed by atoms with van der Waals surface area (Å²) in [6.07, 6.45) is 1.81. The fourth-order valence-corrected chi connectivity index (χ4v) is 3.69. The van der Waals surface area contributed by atoms with Gasteiger partial charge >= 0.3 is 0 Å². The van der Waals surface area contributed by atoms with E-state index in [1.165, 1.54) is 5.56 Å². The van der Waals surface area contributed by atoms with Gasteiger partial charge in [0.15, 0.2) is 5.82 Å². The number of ether oxygens (including phenoxy) is 1. The van der Waals surface area contributed by atoms with Gasteiger partial charge in [-0.15, -0.1) is 10.2 Å². The van der Waals surface area contributed by atoms with Crippen molar-refractivity contribution in [3.8, 4) is 5.75 Å². The van der Waals surface area contributed by atoms with Crippen molar-refractivity contribution in [1.29, 1.82) is 0 Å². The molecule has 0 fully saturated rings. The van der Waals surface area contributed by atoms with Crippen molar-refractivity contribution < 1.29 is 4.74 Å². The van der Waals surface area contributed by atoms with Crippen LogP contribution in [0.4, 0.5) is 0 Å². The molecule has 1 aromatic heterocycles. The number of hydrogen-bond acceptors (Lipinski definition) is 5. The van der Waals surface area contributed by atoms with Crippen molar-refractivity contribution in [3.63, 3.8) is 0 Å². The molecule has 0 N–H and O–H groups in total. The highest BCUT2D eigenvalue weighted by molar-refractivity contribution is 7.98. The molecule has 4 aromatic rings. The molecule has 0 saturated heterocycles. The molecular formula is C24H22N4OS. The van der Waals surface area contributed by atoms with Crippen molar-refractivity contribution in [2.24, 2.45) is 5.10 Å². The average Bonchev–Trinajstić information content (AvgIpc) is 3.16. The van der Waals surface area contributed by atoms with Crippen LogP contribution < -0.4 is 4.74 Å².